The van der Waals surface area contributed by atoms with E-state index in [1.165, 1.54) is 25.9 Å². The third kappa shape index (κ3) is 5.36. The molecule has 0 bridgehead atoms. The molecule has 0 aromatic rings. The molecular formula is C14H29N3O. The number of unbranched alkanes of at least 4 members (excludes halogenated alkanes) is 1. The molecule has 4 nitrogen and oxygen atoms in total. The number of hydrogen-bond donors (Lipinski definition) is 1. The third-order valence-electron chi connectivity index (χ3n) is 3.79. The van der Waals surface area contributed by atoms with Crippen LogP contribution in [0.3, 0.4) is 0 Å². The average molecular weight is 255 g/mol. The van der Waals surface area contributed by atoms with E-state index in [0.29, 0.717) is 13.0 Å². The van der Waals surface area contributed by atoms with Crippen LogP contribution in [0.5, 0.6) is 0 Å². The van der Waals surface area contributed by atoms with Gasteiger partial charge in [-0.05, 0) is 38.8 Å². The Morgan fingerprint density at radius 2 is 2.06 bits per heavy atom. The summed E-state index contributed by atoms with van der Waals surface area (Å²) in [5.41, 5.74) is 5.42. The first kappa shape index (κ1) is 15.4. The van der Waals surface area contributed by atoms with Crippen molar-refractivity contribution in [2.75, 3.05) is 39.8 Å². The summed E-state index contributed by atoms with van der Waals surface area (Å²) in [7, 11) is 2.21. The van der Waals surface area contributed by atoms with Gasteiger partial charge < -0.3 is 15.5 Å². The molecule has 0 spiro atoms. The molecule has 106 valence electrons. The molecule has 18 heavy (non-hydrogen) atoms. The fraction of sp³-hybridized carbons (Fsp3) is 0.929. The first-order chi connectivity index (χ1) is 8.67. The minimum absolute atomic E-state index is 0.232. The molecule has 1 aliphatic rings. The summed E-state index contributed by atoms with van der Waals surface area (Å²) >= 11 is 0. The molecular weight excluding hydrogens is 226 g/mol. The maximum absolute atomic E-state index is 11.7. The van der Waals surface area contributed by atoms with Gasteiger partial charge in [-0.2, -0.15) is 0 Å². The molecule has 0 aliphatic carbocycles. The predicted octanol–water partition coefficient (Wildman–Crippen LogP) is 1.31. The van der Waals surface area contributed by atoms with Crippen LogP contribution in [0.2, 0.25) is 0 Å². The molecule has 1 aliphatic heterocycles. The van der Waals surface area contributed by atoms with Crippen molar-refractivity contribution in [2.24, 2.45) is 11.7 Å². The Kier molecular flexibility index (Phi) is 7.28. The van der Waals surface area contributed by atoms with Crippen molar-refractivity contribution in [3.63, 3.8) is 0 Å². The Balaban J connectivity index is 2.20. The highest BCUT2D eigenvalue weighted by molar-refractivity contribution is 5.76. The summed E-state index contributed by atoms with van der Waals surface area (Å²) in [5.74, 6) is 0.990. The Morgan fingerprint density at radius 3 is 2.61 bits per heavy atom. The van der Waals surface area contributed by atoms with Crippen LogP contribution in [0, 0.1) is 5.92 Å². The second kappa shape index (κ2) is 8.48. The van der Waals surface area contributed by atoms with Crippen LogP contribution in [0.1, 0.15) is 39.0 Å². The molecule has 0 radical (unpaired) electrons. The lowest BCUT2D eigenvalue weighted by molar-refractivity contribution is -0.132. The van der Waals surface area contributed by atoms with E-state index < -0.39 is 0 Å². The van der Waals surface area contributed by atoms with Gasteiger partial charge in [0.1, 0.15) is 0 Å². The monoisotopic (exact) mass is 255 g/mol. The van der Waals surface area contributed by atoms with Crippen molar-refractivity contribution in [2.45, 2.75) is 39.0 Å². The molecule has 1 amide bonds. The summed E-state index contributed by atoms with van der Waals surface area (Å²) in [6.45, 7) is 6.92. The predicted molar refractivity (Wildman–Crippen MR) is 75.4 cm³/mol. The second-order valence-electron chi connectivity index (χ2n) is 5.48. The van der Waals surface area contributed by atoms with E-state index in [0.717, 1.165) is 31.8 Å². The lowest BCUT2D eigenvalue weighted by Gasteiger charge is -2.34. The minimum atomic E-state index is 0.232. The molecule has 1 saturated heterocycles. The first-order valence-corrected chi connectivity index (χ1v) is 7.33. The maximum atomic E-state index is 11.7. The largest absolute Gasteiger partial charge is 0.343 e. The van der Waals surface area contributed by atoms with E-state index in [2.05, 4.69) is 18.9 Å². The Hall–Kier alpha value is -0.610. The van der Waals surface area contributed by atoms with Crippen molar-refractivity contribution in [3.05, 3.63) is 0 Å². The number of piperidine rings is 1. The number of carbonyl (C=O) groups is 1. The van der Waals surface area contributed by atoms with Gasteiger partial charge in [-0.1, -0.05) is 13.3 Å². The quantitative estimate of drug-likeness (QED) is 0.746. The van der Waals surface area contributed by atoms with Gasteiger partial charge >= 0.3 is 0 Å². The number of amides is 1. The highest BCUT2D eigenvalue weighted by Gasteiger charge is 2.22. The molecule has 0 atom stereocenters. The number of likely N-dealkylation sites (tertiary alicyclic amines) is 1. The fourth-order valence-electron chi connectivity index (χ4n) is 2.61. The van der Waals surface area contributed by atoms with Crippen molar-refractivity contribution < 1.29 is 4.79 Å². The van der Waals surface area contributed by atoms with Crippen LogP contribution in [-0.4, -0.2) is 55.5 Å². The van der Waals surface area contributed by atoms with Gasteiger partial charge in [-0.3, -0.25) is 4.79 Å². The van der Waals surface area contributed by atoms with Crippen LogP contribution in [0.4, 0.5) is 0 Å². The van der Waals surface area contributed by atoms with Gasteiger partial charge in [0.2, 0.25) is 5.91 Å². The Labute approximate surface area is 111 Å². The van der Waals surface area contributed by atoms with E-state index in [9.17, 15) is 4.79 Å². The van der Waals surface area contributed by atoms with Gasteiger partial charge in [-0.25, -0.2) is 0 Å². The van der Waals surface area contributed by atoms with E-state index in [4.69, 9.17) is 5.73 Å². The van der Waals surface area contributed by atoms with Crippen molar-refractivity contribution in [1.29, 1.82) is 0 Å². The summed E-state index contributed by atoms with van der Waals surface area (Å²) in [5, 5.41) is 0. The van der Waals surface area contributed by atoms with Gasteiger partial charge in [0.15, 0.2) is 0 Å². The van der Waals surface area contributed by atoms with Crippen molar-refractivity contribution in [3.8, 4) is 0 Å². The first-order valence-electron chi connectivity index (χ1n) is 7.33. The number of nitrogens with zero attached hydrogens (tertiary/aromatic N) is 2. The van der Waals surface area contributed by atoms with E-state index in [-0.39, 0.29) is 5.91 Å². The van der Waals surface area contributed by atoms with Crippen molar-refractivity contribution >= 4 is 5.91 Å². The maximum Gasteiger partial charge on any atom is 0.223 e. The molecule has 2 N–H and O–H groups in total. The number of nitrogens with two attached hydrogens (primary N) is 1. The average Bonchev–Trinajstić information content (AvgIpc) is 2.37. The molecule has 0 aromatic carbocycles. The highest BCUT2D eigenvalue weighted by Crippen LogP contribution is 2.18. The zero-order chi connectivity index (χ0) is 13.4. The molecule has 4 heteroatoms. The van der Waals surface area contributed by atoms with Gasteiger partial charge in [0, 0.05) is 32.6 Å². The van der Waals surface area contributed by atoms with Gasteiger partial charge in [-0.15, -0.1) is 0 Å². The van der Waals surface area contributed by atoms with Crippen LogP contribution >= 0.6 is 0 Å². The fourth-order valence-corrected chi connectivity index (χ4v) is 2.61. The van der Waals surface area contributed by atoms with Crippen LogP contribution in [-0.2, 0) is 4.79 Å². The lowest BCUT2D eigenvalue weighted by atomic mass is 9.96. The summed E-state index contributed by atoms with van der Waals surface area (Å²) in [6.07, 6.45) is 5.33. The molecule has 1 fully saturated rings. The minimum Gasteiger partial charge on any atom is -0.343 e. The number of hydrogen-bond acceptors (Lipinski definition) is 3. The summed E-state index contributed by atoms with van der Waals surface area (Å²) in [4.78, 5) is 16.1. The third-order valence-corrected chi connectivity index (χ3v) is 3.79. The standard InChI is InChI=1S/C14H29N3O/c1-3-4-9-16(2)12-13-6-10-17(11-7-13)14(18)5-8-15/h13H,3-12,15H2,1-2H3. The van der Waals surface area contributed by atoms with E-state index >= 15 is 0 Å². The number of rotatable bonds is 7. The van der Waals surface area contributed by atoms with Crippen LogP contribution in [0.25, 0.3) is 0 Å². The van der Waals surface area contributed by atoms with Gasteiger partial charge in [0.25, 0.3) is 0 Å². The zero-order valence-electron chi connectivity index (χ0n) is 12.0. The second-order valence-corrected chi connectivity index (χ2v) is 5.48. The topological polar surface area (TPSA) is 49.6 Å². The summed E-state index contributed by atoms with van der Waals surface area (Å²) < 4.78 is 0. The highest BCUT2D eigenvalue weighted by atomic mass is 16.2. The van der Waals surface area contributed by atoms with E-state index in [1.807, 2.05) is 4.90 Å². The summed E-state index contributed by atoms with van der Waals surface area (Å²) in [6, 6.07) is 0. The molecule has 0 unspecified atom stereocenters. The molecule has 0 saturated carbocycles. The lowest BCUT2D eigenvalue weighted by Crippen LogP contribution is -2.41. The van der Waals surface area contributed by atoms with Crippen LogP contribution < -0.4 is 5.73 Å². The SMILES string of the molecule is CCCCN(C)CC1CCN(C(=O)CCN)CC1. The Bertz CT molecular complexity index is 237. The van der Waals surface area contributed by atoms with Gasteiger partial charge in [0.05, 0.1) is 0 Å². The van der Waals surface area contributed by atoms with Crippen LogP contribution in [0.15, 0.2) is 0 Å². The normalized spacial score (nSPS) is 17.4. The zero-order valence-corrected chi connectivity index (χ0v) is 12.0. The molecule has 1 rings (SSSR count). The number of carbonyl (C=O) groups excluding carboxylic acids is 1. The van der Waals surface area contributed by atoms with Crippen molar-refractivity contribution in [1.82, 2.24) is 9.80 Å². The Morgan fingerprint density at radius 1 is 1.39 bits per heavy atom. The van der Waals surface area contributed by atoms with E-state index in [1.54, 1.807) is 0 Å². The molecule has 0 aromatic heterocycles. The smallest absolute Gasteiger partial charge is 0.223 e. The molecule has 1 heterocycles.